The van der Waals surface area contributed by atoms with Crippen molar-refractivity contribution in [1.82, 2.24) is 4.90 Å². The van der Waals surface area contributed by atoms with E-state index in [2.05, 4.69) is 12.2 Å². The second-order valence-corrected chi connectivity index (χ2v) is 8.28. The highest BCUT2D eigenvalue weighted by Gasteiger charge is 2.27. The predicted molar refractivity (Wildman–Crippen MR) is 118 cm³/mol. The zero-order chi connectivity index (χ0) is 20.6. The maximum absolute atomic E-state index is 13.1. The number of nitrogens with one attached hydrogen (secondary N) is 1. The number of rotatable bonds is 10. The maximum atomic E-state index is 13.1. The van der Waals surface area contributed by atoms with Crippen LogP contribution in [0.3, 0.4) is 0 Å². The first kappa shape index (κ1) is 21.2. The van der Waals surface area contributed by atoms with Crippen molar-refractivity contribution in [2.75, 3.05) is 31.3 Å². The number of carbonyl (C=O) groups excluding carboxylic acids is 2. The van der Waals surface area contributed by atoms with E-state index in [-0.39, 0.29) is 17.6 Å². The van der Waals surface area contributed by atoms with Crippen molar-refractivity contribution in [3.05, 3.63) is 54.1 Å². The monoisotopic (exact) mass is 412 g/mol. The van der Waals surface area contributed by atoms with Gasteiger partial charge in [-0.3, -0.25) is 9.59 Å². The second-order valence-electron chi connectivity index (χ2n) is 7.26. The van der Waals surface area contributed by atoms with E-state index in [0.29, 0.717) is 22.9 Å². The maximum Gasteiger partial charge on any atom is 0.254 e. The van der Waals surface area contributed by atoms with Crippen LogP contribution < -0.4 is 10.1 Å². The number of thioether (sulfide) groups is 1. The lowest BCUT2D eigenvalue weighted by Gasteiger charge is -2.23. The fraction of sp³-hybridized carbons (Fsp3) is 0.391. The molecule has 0 saturated heterocycles. The smallest absolute Gasteiger partial charge is 0.254 e. The molecule has 0 atom stereocenters. The third-order valence-corrected chi connectivity index (χ3v) is 5.86. The van der Waals surface area contributed by atoms with Crippen LogP contribution in [0.5, 0.6) is 5.75 Å². The van der Waals surface area contributed by atoms with Crippen LogP contribution in [0.15, 0.2) is 53.4 Å². The van der Waals surface area contributed by atoms with E-state index in [1.807, 2.05) is 47.4 Å². The normalized spacial score (nSPS) is 13.0. The Kier molecular flexibility index (Phi) is 7.58. The van der Waals surface area contributed by atoms with Gasteiger partial charge in [0, 0.05) is 29.7 Å². The number of hydrogen-bond acceptors (Lipinski definition) is 4. The lowest BCUT2D eigenvalue weighted by Crippen LogP contribution is -2.34. The van der Waals surface area contributed by atoms with Gasteiger partial charge in [-0.1, -0.05) is 25.1 Å². The standard InChI is InChI=1S/C23H28N2O3S/c1-3-13-25(15-17-11-12-17)23(27)20-9-4-5-10-21(20)29-16-22(26)24-18-7-6-8-19(14-18)28-2/h4-10,14,17H,3,11-13,15-16H2,1-2H3,(H,24,26). The summed E-state index contributed by atoms with van der Waals surface area (Å²) in [4.78, 5) is 28.3. The summed E-state index contributed by atoms with van der Waals surface area (Å²) in [6.07, 6.45) is 3.37. The van der Waals surface area contributed by atoms with Crippen LogP contribution >= 0.6 is 11.8 Å². The first-order valence-corrected chi connectivity index (χ1v) is 11.0. The van der Waals surface area contributed by atoms with E-state index in [0.717, 1.165) is 24.4 Å². The first-order valence-electron chi connectivity index (χ1n) is 10.1. The molecule has 1 saturated carbocycles. The van der Waals surface area contributed by atoms with E-state index in [1.165, 1.54) is 24.6 Å². The zero-order valence-electron chi connectivity index (χ0n) is 17.0. The van der Waals surface area contributed by atoms with Gasteiger partial charge in [-0.05, 0) is 49.4 Å². The van der Waals surface area contributed by atoms with Crippen molar-refractivity contribution in [3.8, 4) is 5.75 Å². The molecule has 1 aliphatic carbocycles. The molecule has 2 amide bonds. The Hall–Kier alpha value is -2.47. The molecule has 1 fully saturated rings. The molecule has 0 aliphatic heterocycles. The summed E-state index contributed by atoms with van der Waals surface area (Å²) < 4.78 is 5.18. The SMILES string of the molecule is CCCN(CC1CC1)C(=O)c1ccccc1SCC(=O)Nc1cccc(OC)c1. The summed E-state index contributed by atoms with van der Waals surface area (Å²) in [5.74, 6) is 1.53. The Morgan fingerprint density at radius 1 is 1.17 bits per heavy atom. The largest absolute Gasteiger partial charge is 0.497 e. The molecular formula is C23H28N2O3S. The lowest BCUT2D eigenvalue weighted by molar-refractivity contribution is -0.113. The average molecular weight is 413 g/mol. The van der Waals surface area contributed by atoms with Gasteiger partial charge in [-0.2, -0.15) is 0 Å². The Morgan fingerprint density at radius 3 is 2.69 bits per heavy atom. The van der Waals surface area contributed by atoms with Crippen molar-refractivity contribution in [1.29, 1.82) is 0 Å². The van der Waals surface area contributed by atoms with Crippen LogP contribution in [-0.4, -0.2) is 42.7 Å². The van der Waals surface area contributed by atoms with Gasteiger partial charge in [-0.25, -0.2) is 0 Å². The summed E-state index contributed by atoms with van der Waals surface area (Å²) in [5, 5.41) is 2.88. The minimum atomic E-state index is -0.117. The summed E-state index contributed by atoms with van der Waals surface area (Å²) in [6.45, 7) is 3.70. The van der Waals surface area contributed by atoms with E-state index < -0.39 is 0 Å². The average Bonchev–Trinajstić information content (AvgIpc) is 3.56. The Morgan fingerprint density at radius 2 is 1.97 bits per heavy atom. The van der Waals surface area contributed by atoms with Gasteiger partial charge in [0.15, 0.2) is 0 Å². The highest BCUT2D eigenvalue weighted by atomic mass is 32.2. The Labute approximate surface area is 176 Å². The number of nitrogens with zero attached hydrogens (tertiary/aromatic N) is 1. The fourth-order valence-electron chi connectivity index (χ4n) is 3.14. The highest BCUT2D eigenvalue weighted by Crippen LogP contribution is 2.31. The Bertz CT molecular complexity index is 852. The third kappa shape index (κ3) is 6.26. The molecule has 0 unspecified atom stereocenters. The first-order chi connectivity index (χ1) is 14.1. The molecule has 0 bridgehead atoms. The third-order valence-electron chi connectivity index (χ3n) is 4.79. The summed E-state index contributed by atoms with van der Waals surface area (Å²) in [7, 11) is 1.59. The molecule has 6 heteroatoms. The molecule has 0 spiro atoms. The molecule has 5 nitrogen and oxygen atoms in total. The zero-order valence-corrected chi connectivity index (χ0v) is 17.8. The van der Waals surface area contributed by atoms with Crippen LogP contribution in [0.1, 0.15) is 36.5 Å². The van der Waals surface area contributed by atoms with Crippen LogP contribution in [0, 0.1) is 5.92 Å². The van der Waals surface area contributed by atoms with Gasteiger partial charge in [0.25, 0.3) is 5.91 Å². The Balaban J connectivity index is 1.63. The molecule has 2 aromatic carbocycles. The van der Waals surface area contributed by atoms with Crippen LogP contribution in [-0.2, 0) is 4.79 Å². The lowest BCUT2D eigenvalue weighted by atomic mass is 10.2. The second kappa shape index (κ2) is 10.3. The number of benzene rings is 2. The van der Waals surface area contributed by atoms with Gasteiger partial charge >= 0.3 is 0 Å². The minimum absolute atomic E-state index is 0.0649. The molecule has 0 radical (unpaired) electrons. The fourth-order valence-corrected chi connectivity index (χ4v) is 3.98. The molecule has 0 aromatic heterocycles. The molecule has 1 aliphatic rings. The number of hydrogen-bond donors (Lipinski definition) is 1. The summed E-state index contributed by atoms with van der Waals surface area (Å²) >= 11 is 1.39. The van der Waals surface area contributed by atoms with Crippen molar-refractivity contribution in [2.45, 2.75) is 31.1 Å². The molecule has 0 heterocycles. The molecular weight excluding hydrogens is 384 g/mol. The predicted octanol–water partition coefficient (Wildman–Crippen LogP) is 4.69. The number of carbonyl (C=O) groups is 2. The molecule has 2 aromatic rings. The van der Waals surface area contributed by atoms with Gasteiger partial charge in [0.05, 0.1) is 18.4 Å². The van der Waals surface area contributed by atoms with E-state index in [9.17, 15) is 9.59 Å². The molecule has 1 N–H and O–H groups in total. The van der Waals surface area contributed by atoms with E-state index >= 15 is 0 Å². The van der Waals surface area contributed by atoms with Crippen molar-refractivity contribution >= 4 is 29.3 Å². The van der Waals surface area contributed by atoms with Crippen LogP contribution in [0.4, 0.5) is 5.69 Å². The number of amides is 2. The number of anilines is 1. The van der Waals surface area contributed by atoms with Crippen LogP contribution in [0.25, 0.3) is 0 Å². The van der Waals surface area contributed by atoms with Gasteiger partial charge in [0.2, 0.25) is 5.91 Å². The van der Waals surface area contributed by atoms with Crippen molar-refractivity contribution < 1.29 is 14.3 Å². The molecule has 3 rings (SSSR count). The van der Waals surface area contributed by atoms with Gasteiger partial charge in [-0.15, -0.1) is 11.8 Å². The summed E-state index contributed by atoms with van der Waals surface area (Å²) in [5.41, 5.74) is 1.37. The minimum Gasteiger partial charge on any atom is -0.497 e. The number of ether oxygens (including phenoxy) is 1. The topological polar surface area (TPSA) is 58.6 Å². The van der Waals surface area contributed by atoms with Gasteiger partial charge in [0.1, 0.15) is 5.75 Å². The quantitative estimate of drug-likeness (QED) is 0.575. The van der Waals surface area contributed by atoms with Crippen molar-refractivity contribution in [2.24, 2.45) is 5.92 Å². The van der Waals surface area contributed by atoms with E-state index in [4.69, 9.17) is 4.74 Å². The van der Waals surface area contributed by atoms with E-state index in [1.54, 1.807) is 13.2 Å². The number of methoxy groups -OCH3 is 1. The summed E-state index contributed by atoms with van der Waals surface area (Å²) in [6, 6.07) is 14.8. The van der Waals surface area contributed by atoms with Crippen LogP contribution in [0.2, 0.25) is 0 Å². The van der Waals surface area contributed by atoms with Crippen molar-refractivity contribution in [3.63, 3.8) is 0 Å². The van der Waals surface area contributed by atoms with Gasteiger partial charge < -0.3 is 15.0 Å². The molecule has 29 heavy (non-hydrogen) atoms. The molecule has 154 valence electrons. The highest BCUT2D eigenvalue weighted by molar-refractivity contribution is 8.00.